The van der Waals surface area contributed by atoms with Crippen molar-refractivity contribution in [3.63, 3.8) is 0 Å². The average molecular weight is 182 g/mol. The smallest absolute Gasteiger partial charge is 0.312 e. The van der Waals surface area contributed by atoms with Crippen LogP contribution in [0.5, 0.6) is 0 Å². The Morgan fingerprint density at radius 2 is 2.46 bits per heavy atom. The lowest BCUT2D eigenvalue weighted by Crippen LogP contribution is -2.15. The molecular weight excluding hydrogens is 168 g/mol. The SMILES string of the molecule is CCCC(C(=O)O)c1ccnn1C. The third kappa shape index (κ3) is 2.08. The number of carbonyl (C=O) groups is 1. The standard InChI is InChI=1S/C9H14N2O2/c1-3-4-7(9(12)13)8-5-6-10-11(8)2/h5-7H,3-4H2,1-2H3,(H,12,13). The first-order valence-electron chi connectivity index (χ1n) is 4.37. The van der Waals surface area contributed by atoms with Gasteiger partial charge in [-0.25, -0.2) is 0 Å². The van der Waals surface area contributed by atoms with Gasteiger partial charge < -0.3 is 5.11 Å². The fraction of sp³-hybridized carbons (Fsp3) is 0.556. The summed E-state index contributed by atoms with van der Waals surface area (Å²) in [5.41, 5.74) is 0.773. The van der Waals surface area contributed by atoms with Crippen LogP contribution in [0.25, 0.3) is 0 Å². The van der Waals surface area contributed by atoms with Gasteiger partial charge in [0.1, 0.15) is 0 Å². The number of aryl methyl sites for hydroxylation is 1. The van der Waals surface area contributed by atoms with E-state index in [9.17, 15) is 4.79 Å². The summed E-state index contributed by atoms with van der Waals surface area (Å²) in [6.45, 7) is 1.98. The predicted molar refractivity (Wildman–Crippen MR) is 48.5 cm³/mol. The van der Waals surface area contributed by atoms with E-state index < -0.39 is 11.9 Å². The van der Waals surface area contributed by atoms with E-state index in [1.54, 1.807) is 24.0 Å². The van der Waals surface area contributed by atoms with E-state index in [4.69, 9.17) is 5.11 Å². The second kappa shape index (κ2) is 4.07. The minimum Gasteiger partial charge on any atom is -0.481 e. The number of carboxylic acids is 1. The number of aliphatic carboxylic acids is 1. The third-order valence-corrected chi connectivity index (χ3v) is 2.09. The molecule has 0 amide bonds. The van der Waals surface area contributed by atoms with E-state index in [-0.39, 0.29) is 0 Å². The van der Waals surface area contributed by atoms with Crippen molar-refractivity contribution in [1.29, 1.82) is 0 Å². The molecule has 1 N–H and O–H groups in total. The molecule has 1 atom stereocenters. The van der Waals surface area contributed by atoms with Gasteiger partial charge in [0, 0.05) is 13.2 Å². The molecule has 0 saturated carbocycles. The van der Waals surface area contributed by atoms with Gasteiger partial charge in [0.25, 0.3) is 0 Å². The van der Waals surface area contributed by atoms with E-state index in [0.717, 1.165) is 12.1 Å². The van der Waals surface area contributed by atoms with Gasteiger partial charge in [-0.15, -0.1) is 0 Å². The first-order chi connectivity index (χ1) is 6.16. The zero-order valence-electron chi connectivity index (χ0n) is 7.90. The van der Waals surface area contributed by atoms with E-state index in [1.165, 1.54) is 0 Å². The molecule has 0 aliphatic carbocycles. The summed E-state index contributed by atoms with van der Waals surface area (Å²) >= 11 is 0. The molecule has 0 fully saturated rings. The number of nitrogens with zero attached hydrogens (tertiary/aromatic N) is 2. The molecular formula is C9H14N2O2. The Labute approximate surface area is 77.2 Å². The summed E-state index contributed by atoms with van der Waals surface area (Å²) in [5.74, 6) is -1.19. The van der Waals surface area contributed by atoms with Crippen LogP contribution in [0, 0.1) is 0 Å². The minimum absolute atomic E-state index is 0.419. The second-order valence-corrected chi connectivity index (χ2v) is 3.06. The van der Waals surface area contributed by atoms with Gasteiger partial charge in [-0.05, 0) is 12.5 Å². The van der Waals surface area contributed by atoms with Gasteiger partial charge in [-0.1, -0.05) is 13.3 Å². The van der Waals surface area contributed by atoms with Crippen LogP contribution in [0.1, 0.15) is 31.4 Å². The summed E-state index contributed by atoms with van der Waals surface area (Å²) in [4.78, 5) is 10.9. The normalized spacial score (nSPS) is 12.8. The number of aromatic nitrogens is 2. The summed E-state index contributed by atoms with van der Waals surface area (Å²) in [7, 11) is 1.76. The molecule has 0 bridgehead atoms. The number of rotatable bonds is 4. The molecule has 1 rings (SSSR count). The Hall–Kier alpha value is -1.32. The molecule has 1 aromatic rings. The quantitative estimate of drug-likeness (QED) is 0.765. The molecule has 0 spiro atoms. The Balaban J connectivity index is 2.88. The maximum Gasteiger partial charge on any atom is 0.312 e. The van der Waals surface area contributed by atoms with Crippen LogP contribution >= 0.6 is 0 Å². The van der Waals surface area contributed by atoms with Crippen LogP contribution in [-0.4, -0.2) is 20.9 Å². The number of hydrogen-bond acceptors (Lipinski definition) is 2. The van der Waals surface area contributed by atoms with Crippen molar-refractivity contribution in [3.8, 4) is 0 Å². The lowest BCUT2D eigenvalue weighted by atomic mass is 10.0. The second-order valence-electron chi connectivity index (χ2n) is 3.06. The lowest BCUT2D eigenvalue weighted by Gasteiger charge is -2.10. The fourth-order valence-corrected chi connectivity index (χ4v) is 1.41. The van der Waals surface area contributed by atoms with Crippen LogP contribution in [0.15, 0.2) is 12.3 Å². The molecule has 1 heterocycles. The molecule has 1 unspecified atom stereocenters. The van der Waals surface area contributed by atoms with Gasteiger partial charge in [0.15, 0.2) is 0 Å². The monoisotopic (exact) mass is 182 g/mol. The van der Waals surface area contributed by atoms with Crippen LogP contribution in [0.3, 0.4) is 0 Å². The number of hydrogen-bond donors (Lipinski definition) is 1. The minimum atomic E-state index is -0.773. The van der Waals surface area contributed by atoms with Crippen molar-refractivity contribution in [2.45, 2.75) is 25.7 Å². The van der Waals surface area contributed by atoms with Gasteiger partial charge in [0.05, 0.1) is 11.6 Å². The summed E-state index contributed by atoms with van der Waals surface area (Å²) in [6, 6.07) is 1.76. The maximum atomic E-state index is 10.9. The highest BCUT2D eigenvalue weighted by atomic mass is 16.4. The van der Waals surface area contributed by atoms with Crippen molar-refractivity contribution in [2.24, 2.45) is 7.05 Å². The molecule has 13 heavy (non-hydrogen) atoms. The molecule has 0 aliphatic rings. The maximum absolute atomic E-state index is 10.9. The van der Waals surface area contributed by atoms with Gasteiger partial charge >= 0.3 is 5.97 Å². The number of carboxylic acid groups (broad SMARTS) is 1. The lowest BCUT2D eigenvalue weighted by molar-refractivity contribution is -0.139. The molecule has 0 saturated heterocycles. The van der Waals surface area contributed by atoms with E-state index >= 15 is 0 Å². The highest BCUT2D eigenvalue weighted by Crippen LogP contribution is 2.20. The Morgan fingerprint density at radius 1 is 1.77 bits per heavy atom. The van der Waals surface area contributed by atoms with Crippen LogP contribution in [-0.2, 0) is 11.8 Å². The van der Waals surface area contributed by atoms with Crippen molar-refractivity contribution >= 4 is 5.97 Å². The van der Waals surface area contributed by atoms with Crippen LogP contribution < -0.4 is 0 Å². The predicted octanol–water partition coefficient (Wildman–Crippen LogP) is 1.39. The van der Waals surface area contributed by atoms with E-state index in [1.807, 2.05) is 6.92 Å². The van der Waals surface area contributed by atoms with Gasteiger partial charge in [0.2, 0.25) is 0 Å². The van der Waals surface area contributed by atoms with Crippen LogP contribution in [0.2, 0.25) is 0 Å². The van der Waals surface area contributed by atoms with Gasteiger partial charge in [-0.2, -0.15) is 5.10 Å². The molecule has 1 aromatic heterocycles. The average Bonchev–Trinajstić information content (AvgIpc) is 2.47. The zero-order valence-corrected chi connectivity index (χ0v) is 7.90. The van der Waals surface area contributed by atoms with Crippen molar-refractivity contribution in [1.82, 2.24) is 9.78 Å². The fourth-order valence-electron chi connectivity index (χ4n) is 1.41. The first kappa shape index (κ1) is 9.77. The molecule has 0 radical (unpaired) electrons. The Bertz CT molecular complexity index is 294. The molecule has 0 aliphatic heterocycles. The highest BCUT2D eigenvalue weighted by molar-refractivity contribution is 5.75. The molecule has 72 valence electrons. The molecule has 0 aromatic carbocycles. The summed E-state index contributed by atoms with van der Waals surface area (Å²) in [5, 5.41) is 12.9. The van der Waals surface area contributed by atoms with E-state index in [0.29, 0.717) is 6.42 Å². The highest BCUT2D eigenvalue weighted by Gasteiger charge is 2.21. The summed E-state index contributed by atoms with van der Waals surface area (Å²) < 4.78 is 1.62. The first-order valence-corrected chi connectivity index (χ1v) is 4.37. The molecule has 4 nitrogen and oxygen atoms in total. The van der Waals surface area contributed by atoms with Crippen molar-refractivity contribution in [2.75, 3.05) is 0 Å². The Kier molecular flexibility index (Phi) is 3.06. The topological polar surface area (TPSA) is 55.1 Å². The zero-order chi connectivity index (χ0) is 9.84. The van der Waals surface area contributed by atoms with Crippen LogP contribution in [0.4, 0.5) is 0 Å². The largest absolute Gasteiger partial charge is 0.481 e. The summed E-state index contributed by atoms with van der Waals surface area (Å²) in [6.07, 6.45) is 3.15. The molecule has 4 heteroatoms. The third-order valence-electron chi connectivity index (χ3n) is 2.09. The Morgan fingerprint density at radius 3 is 2.85 bits per heavy atom. The van der Waals surface area contributed by atoms with E-state index in [2.05, 4.69) is 5.10 Å². The van der Waals surface area contributed by atoms with Crippen molar-refractivity contribution < 1.29 is 9.90 Å². The van der Waals surface area contributed by atoms with Gasteiger partial charge in [-0.3, -0.25) is 9.48 Å². The van der Waals surface area contributed by atoms with Crippen molar-refractivity contribution in [3.05, 3.63) is 18.0 Å².